The molecular weight excluding hydrogens is 308 g/mol. The maximum Gasteiger partial charge on any atom is -0.00575 e. The summed E-state index contributed by atoms with van der Waals surface area (Å²) in [6, 6.07) is 0. The van der Waals surface area contributed by atoms with Crippen LogP contribution in [0.1, 0.15) is 72.6 Å². The van der Waals surface area contributed by atoms with Crippen LogP contribution in [-0.2, 0) is 0 Å². The van der Waals surface area contributed by atoms with E-state index in [0.717, 1.165) is 57.8 Å². The van der Waals surface area contributed by atoms with Crippen molar-refractivity contribution in [1.82, 2.24) is 0 Å². The molecule has 0 radical (unpaired) electrons. The quantitative estimate of drug-likeness (QED) is 0.527. The van der Waals surface area contributed by atoms with Crippen LogP contribution >= 0.6 is 10.0 Å². The predicted molar refractivity (Wildman–Crippen MR) is 110 cm³/mol. The first-order valence-corrected chi connectivity index (χ1v) is 13.6. The standard InChI is InChI=1S/C23H42S/c1-14-15(2)17(4)23(16(14)3)24(5,6)22-11-10-20-12-18-8-7-9-19(18)13-21(20)22/h14-23H,7-13H2,1-6H3. The van der Waals surface area contributed by atoms with Crippen LogP contribution in [0, 0.1) is 47.3 Å². The molecule has 0 nitrogen and oxygen atoms in total. The average molecular weight is 351 g/mol. The van der Waals surface area contributed by atoms with Gasteiger partial charge in [-0.2, -0.15) is 0 Å². The van der Waals surface area contributed by atoms with Gasteiger partial charge in [0.25, 0.3) is 0 Å². The average Bonchev–Trinajstić information content (AvgIpc) is 3.20. The van der Waals surface area contributed by atoms with Crippen molar-refractivity contribution in [1.29, 1.82) is 0 Å². The molecule has 0 aromatic carbocycles. The van der Waals surface area contributed by atoms with Crippen molar-refractivity contribution < 1.29 is 0 Å². The Labute approximate surface area is 153 Å². The largest absolute Gasteiger partial charge is 0.240 e. The van der Waals surface area contributed by atoms with Gasteiger partial charge in [-0.1, -0.05) is 47.0 Å². The molecule has 4 aliphatic carbocycles. The highest BCUT2D eigenvalue weighted by molar-refractivity contribution is 8.33. The van der Waals surface area contributed by atoms with E-state index in [1.54, 1.807) is 44.9 Å². The lowest BCUT2D eigenvalue weighted by Gasteiger charge is -2.52. The zero-order valence-corrected chi connectivity index (χ0v) is 17.9. The van der Waals surface area contributed by atoms with Crippen LogP contribution < -0.4 is 0 Å². The summed E-state index contributed by atoms with van der Waals surface area (Å²) < 4.78 is 0. The Balaban J connectivity index is 1.56. The van der Waals surface area contributed by atoms with Gasteiger partial charge in [-0.25, -0.2) is 10.0 Å². The molecule has 0 aromatic heterocycles. The van der Waals surface area contributed by atoms with Crippen molar-refractivity contribution in [2.24, 2.45) is 47.3 Å². The Morgan fingerprint density at radius 1 is 0.625 bits per heavy atom. The fourth-order valence-electron chi connectivity index (χ4n) is 8.32. The van der Waals surface area contributed by atoms with Gasteiger partial charge in [0.2, 0.25) is 0 Å². The summed E-state index contributed by atoms with van der Waals surface area (Å²) in [4.78, 5) is 0. The monoisotopic (exact) mass is 350 g/mol. The van der Waals surface area contributed by atoms with Crippen molar-refractivity contribution in [3.05, 3.63) is 0 Å². The highest BCUT2D eigenvalue weighted by atomic mass is 32.3. The second-order valence-corrected chi connectivity index (χ2v) is 15.0. The molecule has 0 saturated heterocycles. The highest BCUT2D eigenvalue weighted by Crippen LogP contribution is 2.68. The van der Waals surface area contributed by atoms with Crippen molar-refractivity contribution in [2.45, 2.75) is 83.1 Å². The van der Waals surface area contributed by atoms with E-state index in [4.69, 9.17) is 0 Å². The maximum atomic E-state index is 2.77. The molecule has 1 heteroatoms. The molecule has 9 atom stereocenters. The van der Waals surface area contributed by atoms with Gasteiger partial charge in [0.05, 0.1) is 0 Å². The molecule has 0 N–H and O–H groups in total. The minimum Gasteiger partial charge on any atom is -0.240 e. The summed E-state index contributed by atoms with van der Waals surface area (Å²) in [5.41, 5.74) is 0. The lowest BCUT2D eigenvalue weighted by molar-refractivity contribution is 0.158. The Morgan fingerprint density at radius 2 is 1.21 bits per heavy atom. The van der Waals surface area contributed by atoms with E-state index in [1.807, 2.05) is 0 Å². The Morgan fingerprint density at radius 3 is 1.83 bits per heavy atom. The molecule has 0 heterocycles. The maximum absolute atomic E-state index is 2.77. The molecule has 0 aromatic rings. The van der Waals surface area contributed by atoms with Gasteiger partial charge in [0.15, 0.2) is 0 Å². The fourth-order valence-corrected chi connectivity index (χ4v) is 13.4. The number of hydrogen-bond donors (Lipinski definition) is 0. The predicted octanol–water partition coefficient (Wildman–Crippen LogP) is 6.58. The van der Waals surface area contributed by atoms with Crippen LogP contribution in [0.3, 0.4) is 0 Å². The topological polar surface area (TPSA) is 0 Å². The normalized spacial score (nSPS) is 55.4. The lowest BCUT2D eigenvalue weighted by Crippen LogP contribution is -2.38. The molecule has 140 valence electrons. The molecule has 0 spiro atoms. The first kappa shape index (κ1) is 17.7. The van der Waals surface area contributed by atoms with Crippen LogP contribution in [0.4, 0.5) is 0 Å². The molecule has 4 fully saturated rings. The minimum atomic E-state index is -0.502. The minimum absolute atomic E-state index is 0.502. The zero-order valence-electron chi connectivity index (χ0n) is 17.1. The summed E-state index contributed by atoms with van der Waals surface area (Å²) >= 11 is 0. The number of hydrogen-bond acceptors (Lipinski definition) is 0. The molecule has 4 aliphatic rings. The summed E-state index contributed by atoms with van der Waals surface area (Å²) in [6.07, 6.45) is 16.6. The third-order valence-electron chi connectivity index (χ3n) is 9.91. The lowest BCUT2D eigenvalue weighted by atomic mass is 9.71. The molecule has 4 rings (SSSR count). The number of rotatable bonds is 2. The molecule has 24 heavy (non-hydrogen) atoms. The van der Waals surface area contributed by atoms with Crippen LogP contribution in [0.5, 0.6) is 0 Å². The highest BCUT2D eigenvalue weighted by Gasteiger charge is 2.54. The van der Waals surface area contributed by atoms with E-state index < -0.39 is 10.0 Å². The van der Waals surface area contributed by atoms with Crippen molar-refractivity contribution in [3.63, 3.8) is 0 Å². The van der Waals surface area contributed by atoms with E-state index in [1.165, 1.54) is 0 Å². The Kier molecular flexibility index (Phi) is 4.59. The van der Waals surface area contributed by atoms with Crippen LogP contribution in [0.15, 0.2) is 0 Å². The molecular formula is C23H42S. The summed E-state index contributed by atoms with van der Waals surface area (Å²) in [5.74, 6) is 8.23. The summed E-state index contributed by atoms with van der Waals surface area (Å²) in [5, 5.41) is 2.11. The van der Waals surface area contributed by atoms with Crippen LogP contribution in [0.25, 0.3) is 0 Å². The third kappa shape index (κ3) is 2.54. The van der Waals surface area contributed by atoms with Crippen molar-refractivity contribution >= 4 is 10.0 Å². The third-order valence-corrected chi connectivity index (χ3v) is 14.3. The van der Waals surface area contributed by atoms with E-state index in [9.17, 15) is 0 Å². The van der Waals surface area contributed by atoms with E-state index >= 15 is 0 Å². The van der Waals surface area contributed by atoms with E-state index in [-0.39, 0.29) is 0 Å². The Hall–Kier alpha value is 0.350. The van der Waals surface area contributed by atoms with Crippen molar-refractivity contribution in [3.8, 4) is 0 Å². The smallest absolute Gasteiger partial charge is 0.00575 e. The number of fused-ring (bicyclic) bond motifs is 2. The second kappa shape index (κ2) is 6.21. The van der Waals surface area contributed by atoms with Gasteiger partial charge < -0.3 is 0 Å². The SMILES string of the molecule is CC1C(C)C(C)C(S(C)(C)C2CCC3CC4CCCC4CC32)C1C. The van der Waals surface area contributed by atoms with Crippen molar-refractivity contribution in [2.75, 3.05) is 12.5 Å². The fraction of sp³-hybridized carbons (Fsp3) is 1.00. The van der Waals surface area contributed by atoms with E-state index in [0.29, 0.717) is 0 Å². The van der Waals surface area contributed by atoms with Gasteiger partial charge in [-0.15, -0.1) is 0 Å². The van der Waals surface area contributed by atoms with Gasteiger partial charge >= 0.3 is 0 Å². The van der Waals surface area contributed by atoms with Crippen LogP contribution in [0.2, 0.25) is 0 Å². The van der Waals surface area contributed by atoms with Gasteiger partial charge in [0, 0.05) is 0 Å². The molecule has 0 amide bonds. The molecule has 9 unspecified atom stereocenters. The van der Waals surface area contributed by atoms with E-state index in [2.05, 4.69) is 40.2 Å². The second-order valence-electron chi connectivity index (χ2n) is 10.9. The van der Waals surface area contributed by atoms with Gasteiger partial charge in [0.1, 0.15) is 0 Å². The summed E-state index contributed by atoms with van der Waals surface area (Å²) in [6.45, 7) is 10.3. The van der Waals surface area contributed by atoms with Crippen LogP contribution in [-0.4, -0.2) is 23.0 Å². The molecule has 0 aliphatic heterocycles. The van der Waals surface area contributed by atoms with Gasteiger partial charge in [-0.05, 0) is 96.0 Å². The molecule has 0 bridgehead atoms. The first-order valence-electron chi connectivity index (χ1n) is 11.0. The zero-order chi connectivity index (χ0) is 17.2. The molecule has 4 saturated carbocycles. The Bertz CT molecular complexity index is 455. The first-order chi connectivity index (χ1) is 11.3. The summed E-state index contributed by atoms with van der Waals surface area (Å²) in [7, 11) is -0.502. The van der Waals surface area contributed by atoms with Gasteiger partial charge in [-0.3, -0.25) is 0 Å².